The van der Waals surface area contributed by atoms with Crippen LogP contribution in [0.3, 0.4) is 0 Å². The first-order valence-electron chi connectivity index (χ1n) is 9.32. The zero-order valence-corrected chi connectivity index (χ0v) is 16.9. The van der Waals surface area contributed by atoms with Crippen LogP contribution < -0.4 is 5.32 Å². The molecule has 29 heavy (non-hydrogen) atoms. The molecule has 0 aromatic heterocycles. The Morgan fingerprint density at radius 3 is 1.97 bits per heavy atom. The molecule has 0 aliphatic rings. The summed E-state index contributed by atoms with van der Waals surface area (Å²) in [5, 5.41) is 11.9. The largest absolute Gasteiger partial charge is 0.449 e. The van der Waals surface area contributed by atoms with E-state index in [-0.39, 0.29) is 17.3 Å². The number of ketones is 1. The van der Waals surface area contributed by atoms with Crippen LogP contribution in [0.15, 0.2) is 54.6 Å². The van der Waals surface area contributed by atoms with E-state index in [1.54, 1.807) is 43.3 Å². The van der Waals surface area contributed by atoms with Crippen molar-refractivity contribution in [3.8, 4) is 6.07 Å². The third-order valence-electron chi connectivity index (χ3n) is 4.84. The van der Waals surface area contributed by atoms with Crippen molar-refractivity contribution >= 4 is 17.7 Å². The average Bonchev–Trinajstić information content (AvgIpc) is 2.73. The molecule has 0 saturated carbocycles. The summed E-state index contributed by atoms with van der Waals surface area (Å²) in [4.78, 5) is 37.0. The first kappa shape index (κ1) is 21.8. The minimum Gasteiger partial charge on any atom is -0.449 e. The standard InChI is InChI=1S/C23H24N2O4/c1-15(2)23(4,14-24)25-21(27)16(3)29-22(28)19-12-10-18(11-13-19)20(26)17-8-6-5-7-9-17/h5-13,15-16H,1-4H3,(H,25,27)/t16-,23-/m1/s1. The van der Waals surface area contributed by atoms with Crippen LogP contribution in [0, 0.1) is 17.2 Å². The Hall–Kier alpha value is -3.46. The number of carbonyl (C=O) groups is 3. The molecule has 0 aliphatic heterocycles. The van der Waals surface area contributed by atoms with Gasteiger partial charge >= 0.3 is 5.97 Å². The lowest BCUT2D eigenvalue weighted by atomic mass is 9.90. The molecule has 0 fully saturated rings. The summed E-state index contributed by atoms with van der Waals surface area (Å²) in [5.41, 5.74) is 0.164. The van der Waals surface area contributed by atoms with E-state index >= 15 is 0 Å². The first-order chi connectivity index (χ1) is 13.7. The molecule has 1 N–H and O–H groups in total. The van der Waals surface area contributed by atoms with Crippen molar-refractivity contribution in [3.63, 3.8) is 0 Å². The highest BCUT2D eigenvalue weighted by molar-refractivity contribution is 6.09. The summed E-state index contributed by atoms with van der Waals surface area (Å²) in [6.07, 6.45) is -1.07. The predicted molar refractivity (Wildman–Crippen MR) is 108 cm³/mol. The van der Waals surface area contributed by atoms with Crippen LogP contribution >= 0.6 is 0 Å². The number of amides is 1. The van der Waals surface area contributed by atoms with Gasteiger partial charge in [-0.1, -0.05) is 56.3 Å². The minimum atomic E-state index is -1.07. The van der Waals surface area contributed by atoms with Gasteiger partial charge in [0, 0.05) is 11.1 Å². The van der Waals surface area contributed by atoms with Gasteiger partial charge in [-0.2, -0.15) is 5.26 Å². The number of benzene rings is 2. The fourth-order valence-corrected chi connectivity index (χ4v) is 2.45. The second-order valence-electron chi connectivity index (χ2n) is 7.28. The summed E-state index contributed by atoms with van der Waals surface area (Å²) in [6.45, 7) is 6.70. The number of esters is 1. The maximum absolute atomic E-state index is 12.4. The van der Waals surface area contributed by atoms with Gasteiger partial charge in [-0.15, -0.1) is 0 Å². The van der Waals surface area contributed by atoms with Gasteiger partial charge in [-0.3, -0.25) is 9.59 Å². The Morgan fingerprint density at radius 2 is 1.45 bits per heavy atom. The summed E-state index contributed by atoms with van der Waals surface area (Å²) in [5.74, 6) is -1.50. The molecule has 0 spiro atoms. The van der Waals surface area contributed by atoms with Gasteiger partial charge in [0.05, 0.1) is 11.6 Å². The Bertz CT molecular complexity index is 930. The van der Waals surface area contributed by atoms with Crippen molar-refractivity contribution in [2.24, 2.45) is 5.92 Å². The van der Waals surface area contributed by atoms with Crippen molar-refractivity contribution < 1.29 is 19.1 Å². The topological polar surface area (TPSA) is 96.3 Å². The molecular weight excluding hydrogens is 368 g/mol. The van der Waals surface area contributed by atoms with Crippen molar-refractivity contribution in [2.75, 3.05) is 0 Å². The number of hydrogen-bond acceptors (Lipinski definition) is 5. The molecule has 0 heterocycles. The van der Waals surface area contributed by atoms with Crippen LogP contribution in [0.4, 0.5) is 0 Å². The van der Waals surface area contributed by atoms with Gasteiger partial charge in [-0.05, 0) is 31.9 Å². The Labute approximate surface area is 170 Å². The van der Waals surface area contributed by atoms with E-state index in [1.807, 2.05) is 19.9 Å². The normalized spacial score (nSPS) is 13.7. The molecule has 0 saturated heterocycles. The summed E-state index contributed by atoms with van der Waals surface area (Å²) in [6, 6.07) is 17.0. The van der Waals surface area contributed by atoms with Gasteiger partial charge in [0.15, 0.2) is 11.9 Å². The molecule has 0 radical (unpaired) electrons. The fourth-order valence-electron chi connectivity index (χ4n) is 2.45. The van der Waals surface area contributed by atoms with Crippen LogP contribution in [0.1, 0.15) is 54.0 Å². The number of rotatable bonds is 7. The van der Waals surface area contributed by atoms with Gasteiger partial charge < -0.3 is 10.1 Å². The minimum absolute atomic E-state index is 0.117. The Kier molecular flexibility index (Phi) is 6.89. The molecule has 0 aliphatic carbocycles. The van der Waals surface area contributed by atoms with Crippen LogP contribution in [-0.4, -0.2) is 29.3 Å². The summed E-state index contributed by atoms with van der Waals surface area (Å²) < 4.78 is 5.21. The van der Waals surface area contributed by atoms with Crippen LogP contribution in [0.25, 0.3) is 0 Å². The molecular formula is C23H24N2O4. The lowest BCUT2D eigenvalue weighted by Gasteiger charge is -2.28. The molecule has 2 atom stereocenters. The SMILES string of the molecule is CC(C)[C@@](C)(C#N)NC(=O)[C@@H](C)OC(=O)c1ccc(C(=O)c2ccccc2)cc1. The van der Waals surface area contributed by atoms with E-state index in [0.29, 0.717) is 11.1 Å². The van der Waals surface area contributed by atoms with E-state index in [0.717, 1.165) is 0 Å². The quantitative estimate of drug-likeness (QED) is 0.574. The maximum Gasteiger partial charge on any atom is 0.338 e. The Balaban J connectivity index is 2.03. The lowest BCUT2D eigenvalue weighted by Crippen LogP contribution is -2.52. The third kappa shape index (κ3) is 5.29. The molecule has 0 bridgehead atoms. The number of nitrogens with zero attached hydrogens (tertiary/aromatic N) is 1. The van der Waals surface area contributed by atoms with E-state index in [4.69, 9.17) is 4.74 Å². The van der Waals surface area contributed by atoms with E-state index < -0.39 is 23.5 Å². The summed E-state index contributed by atoms with van der Waals surface area (Å²) in [7, 11) is 0. The smallest absolute Gasteiger partial charge is 0.338 e. The van der Waals surface area contributed by atoms with Gasteiger partial charge in [0.2, 0.25) is 0 Å². The number of nitriles is 1. The highest BCUT2D eigenvalue weighted by Crippen LogP contribution is 2.16. The van der Waals surface area contributed by atoms with E-state index in [9.17, 15) is 19.6 Å². The fraction of sp³-hybridized carbons (Fsp3) is 0.304. The number of nitrogens with one attached hydrogen (secondary N) is 1. The second-order valence-corrected chi connectivity index (χ2v) is 7.28. The third-order valence-corrected chi connectivity index (χ3v) is 4.84. The molecule has 1 amide bonds. The lowest BCUT2D eigenvalue weighted by molar-refractivity contribution is -0.130. The second kappa shape index (κ2) is 9.16. The molecule has 2 rings (SSSR count). The van der Waals surface area contributed by atoms with Crippen molar-refractivity contribution in [1.29, 1.82) is 5.26 Å². The number of hydrogen-bond donors (Lipinski definition) is 1. The first-order valence-corrected chi connectivity index (χ1v) is 9.32. The number of ether oxygens (including phenoxy) is 1. The van der Waals surface area contributed by atoms with Gasteiger partial charge in [0.1, 0.15) is 5.54 Å². The van der Waals surface area contributed by atoms with Crippen LogP contribution in [0.5, 0.6) is 0 Å². The zero-order chi connectivity index (χ0) is 21.6. The molecule has 150 valence electrons. The average molecular weight is 392 g/mol. The van der Waals surface area contributed by atoms with Crippen LogP contribution in [-0.2, 0) is 9.53 Å². The monoisotopic (exact) mass is 392 g/mol. The molecule has 6 heteroatoms. The maximum atomic E-state index is 12.4. The zero-order valence-electron chi connectivity index (χ0n) is 16.9. The van der Waals surface area contributed by atoms with Crippen molar-refractivity contribution in [3.05, 3.63) is 71.3 Å². The summed E-state index contributed by atoms with van der Waals surface area (Å²) >= 11 is 0. The molecule has 0 unspecified atom stereocenters. The van der Waals surface area contributed by atoms with Gasteiger partial charge in [0.25, 0.3) is 5.91 Å². The number of carbonyl (C=O) groups excluding carboxylic acids is 3. The highest BCUT2D eigenvalue weighted by Gasteiger charge is 2.32. The van der Waals surface area contributed by atoms with Gasteiger partial charge in [-0.25, -0.2) is 4.79 Å². The molecule has 2 aromatic carbocycles. The molecule has 2 aromatic rings. The van der Waals surface area contributed by atoms with E-state index in [2.05, 4.69) is 11.4 Å². The molecule has 6 nitrogen and oxygen atoms in total. The Morgan fingerprint density at radius 1 is 0.931 bits per heavy atom. The van der Waals surface area contributed by atoms with E-state index in [1.165, 1.54) is 19.1 Å². The predicted octanol–water partition coefficient (Wildman–Crippen LogP) is 3.52. The van der Waals surface area contributed by atoms with Crippen molar-refractivity contribution in [1.82, 2.24) is 5.32 Å². The van der Waals surface area contributed by atoms with Crippen molar-refractivity contribution in [2.45, 2.75) is 39.3 Å². The van der Waals surface area contributed by atoms with Crippen LogP contribution in [0.2, 0.25) is 0 Å². The highest BCUT2D eigenvalue weighted by atomic mass is 16.5.